The van der Waals surface area contributed by atoms with Gasteiger partial charge in [-0.05, 0) is 32.0 Å². The predicted molar refractivity (Wildman–Crippen MR) is 67.9 cm³/mol. The third-order valence-electron chi connectivity index (χ3n) is 2.44. The second-order valence-electron chi connectivity index (χ2n) is 3.84. The van der Waals surface area contributed by atoms with Crippen LogP contribution in [0.3, 0.4) is 0 Å². The van der Waals surface area contributed by atoms with E-state index in [2.05, 4.69) is 0 Å². The Balaban J connectivity index is 2.40. The Kier molecular flexibility index (Phi) is 3.31. The highest BCUT2D eigenvalue weighted by atomic mass is 35.5. The monoisotopic (exact) mass is 254 g/mol. The maximum absolute atomic E-state index is 13.6. The van der Waals surface area contributed by atoms with Gasteiger partial charge < -0.3 is 0 Å². The van der Waals surface area contributed by atoms with E-state index < -0.39 is 5.38 Å². The lowest BCUT2D eigenvalue weighted by atomic mass is 10.1. The van der Waals surface area contributed by atoms with E-state index in [1.807, 2.05) is 32.0 Å². The van der Waals surface area contributed by atoms with Gasteiger partial charge in [0.05, 0.1) is 5.38 Å². The summed E-state index contributed by atoms with van der Waals surface area (Å²) in [6.45, 7) is 3.95. The Morgan fingerprint density at radius 3 is 2.56 bits per heavy atom. The predicted octanol–water partition coefficient (Wildman–Crippen LogP) is 4.83. The average Bonchev–Trinajstić information content (AvgIpc) is 2.67. The van der Waals surface area contributed by atoms with Crippen LogP contribution < -0.4 is 0 Å². The van der Waals surface area contributed by atoms with Crippen molar-refractivity contribution >= 4 is 22.9 Å². The highest BCUT2D eigenvalue weighted by Gasteiger charge is 2.16. The van der Waals surface area contributed by atoms with Crippen molar-refractivity contribution < 1.29 is 4.39 Å². The molecule has 0 saturated carbocycles. The fraction of sp³-hybridized carbons (Fsp3) is 0.231. The van der Waals surface area contributed by atoms with E-state index in [9.17, 15) is 4.39 Å². The van der Waals surface area contributed by atoms with Crippen LogP contribution in [0.2, 0.25) is 0 Å². The molecule has 1 aromatic heterocycles. The lowest BCUT2D eigenvalue weighted by molar-refractivity contribution is 0.612. The number of halogens is 2. The Bertz CT molecular complexity index is 504. The van der Waals surface area contributed by atoms with Crippen molar-refractivity contribution in [1.29, 1.82) is 0 Å². The van der Waals surface area contributed by atoms with Crippen LogP contribution in [0, 0.1) is 19.7 Å². The zero-order valence-electron chi connectivity index (χ0n) is 9.13. The van der Waals surface area contributed by atoms with Gasteiger partial charge in [0.1, 0.15) is 5.82 Å². The molecule has 0 bridgehead atoms. The molecule has 0 aliphatic rings. The minimum atomic E-state index is -0.390. The fourth-order valence-electron chi connectivity index (χ4n) is 1.60. The zero-order chi connectivity index (χ0) is 11.7. The minimum Gasteiger partial charge on any atom is -0.207 e. The molecule has 1 heterocycles. The van der Waals surface area contributed by atoms with Gasteiger partial charge in [0.15, 0.2) is 0 Å². The lowest BCUT2D eigenvalue weighted by Gasteiger charge is -2.09. The number of thiophene rings is 1. The summed E-state index contributed by atoms with van der Waals surface area (Å²) in [7, 11) is 0. The molecule has 0 nitrogen and oxygen atoms in total. The van der Waals surface area contributed by atoms with Crippen molar-refractivity contribution in [2.24, 2.45) is 0 Å². The standard InChI is InChI=1S/C13H12ClFS/c1-8-3-5-11(15)10(7-8)13(14)12-6-4-9(2)16-12/h3-7,13H,1-2H3. The van der Waals surface area contributed by atoms with E-state index in [0.29, 0.717) is 5.56 Å². The van der Waals surface area contributed by atoms with E-state index in [1.54, 1.807) is 17.4 Å². The van der Waals surface area contributed by atoms with Crippen LogP contribution in [-0.4, -0.2) is 0 Å². The van der Waals surface area contributed by atoms with Crippen molar-refractivity contribution in [3.05, 3.63) is 57.0 Å². The molecule has 0 radical (unpaired) electrons. The number of hydrogen-bond acceptors (Lipinski definition) is 1. The zero-order valence-corrected chi connectivity index (χ0v) is 10.7. The van der Waals surface area contributed by atoms with Gasteiger partial charge in [0.25, 0.3) is 0 Å². The molecule has 0 spiro atoms. The van der Waals surface area contributed by atoms with Gasteiger partial charge in [-0.25, -0.2) is 4.39 Å². The molecule has 2 aromatic rings. The van der Waals surface area contributed by atoms with Crippen molar-refractivity contribution in [3.8, 4) is 0 Å². The number of hydrogen-bond donors (Lipinski definition) is 0. The topological polar surface area (TPSA) is 0 Å². The molecule has 1 aromatic carbocycles. The Morgan fingerprint density at radius 2 is 1.94 bits per heavy atom. The Hall–Kier alpha value is -0.860. The molecular weight excluding hydrogens is 243 g/mol. The summed E-state index contributed by atoms with van der Waals surface area (Å²) < 4.78 is 13.6. The van der Waals surface area contributed by atoms with Gasteiger partial charge in [-0.2, -0.15) is 0 Å². The van der Waals surface area contributed by atoms with E-state index in [1.165, 1.54) is 10.9 Å². The van der Waals surface area contributed by atoms with Crippen molar-refractivity contribution in [2.45, 2.75) is 19.2 Å². The van der Waals surface area contributed by atoms with E-state index in [0.717, 1.165) is 10.4 Å². The molecule has 0 N–H and O–H groups in total. The van der Waals surface area contributed by atoms with Gasteiger partial charge >= 0.3 is 0 Å². The van der Waals surface area contributed by atoms with Gasteiger partial charge in [-0.1, -0.05) is 17.7 Å². The average molecular weight is 255 g/mol. The smallest absolute Gasteiger partial charge is 0.128 e. The summed E-state index contributed by atoms with van der Waals surface area (Å²) >= 11 is 7.90. The maximum Gasteiger partial charge on any atom is 0.128 e. The molecule has 0 saturated heterocycles. The first kappa shape index (κ1) is 11.6. The third kappa shape index (κ3) is 2.28. The molecule has 2 rings (SSSR count). The lowest BCUT2D eigenvalue weighted by Crippen LogP contribution is -1.95. The second kappa shape index (κ2) is 4.56. The van der Waals surface area contributed by atoms with Crippen molar-refractivity contribution in [2.75, 3.05) is 0 Å². The first-order valence-corrected chi connectivity index (χ1v) is 6.29. The van der Waals surface area contributed by atoms with E-state index >= 15 is 0 Å². The van der Waals surface area contributed by atoms with Gasteiger partial charge in [0, 0.05) is 15.3 Å². The van der Waals surface area contributed by atoms with E-state index in [4.69, 9.17) is 11.6 Å². The highest BCUT2D eigenvalue weighted by Crippen LogP contribution is 2.35. The summed E-state index contributed by atoms with van der Waals surface area (Å²) in [6.07, 6.45) is 0. The molecule has 0 amide bonds. The molecule has 1 atom stereocenters. The van der Waals surface area contributed by atoms with Crippen LogP contribution in [0.4, 0.5) is 4.39 Å². The number of benzene rings is 1. The number of aryl methyl sites for hydroxylation is 2. The van der Waals surface area contributed by atoms with Crippen LogP contribution in [-0.2, 0) is 0 Å². The van der Waals surface area contributed by atoms with Crippen LogP contribution in [0.1, 0.15) is 26.3 Å². The fourth-order valence-corrected chi connectivity index (χ4v) is 2.85. The summed E-state index contributed by atoms with van der Waals surface area (Å²) in [5, 5.41) is -0.390. The van der Waals surface area contributed by atoms with E-state index in [-0.39, 0.29) is 5.82 Å². The molecule has 16 heavy (non-hydrogen) atoms. The van der Waals surface area contributed by atoms with Crippen molar-refractivity contribution in [1.82, 2.24) is 0 Å². The largest absolute Gasteiger partial charge is 0.207 e. The van der Waals surface area contributed by atoms with Crippen molar-refractivity contribution in [3.63, 3.8) is 0 Å². The first-order chi connectivity index (χ1) is 7.58. The SMILES string of the molecule is Cc1ccc(F)c(C(Cl)c2ccc(C)s2)c1. The van der Waals surface area contributed by atoms with Crippen LogP contribution >= 0.6 is 22.9 Å². The normalized spacial score (nSPS) is 12.8. The molecule has 1 unspecified atom stereocenters. The number of rotatable bonds is 2. The first-order valence-electron chi connectivity index (χ1n) is 5.04. The summed E-state index contributed by atoms with van der Waals surface area (Å²) in [6, 6.07) is 8.99. The van der Waals surface area contributed by atoms with Gasteiger partial charge in [-0.15, -0.1) is 22.9 Å². The molecule has 0 fully saturated rings. The number of alkyl halides is 1. The maximum atomic E-state index is 13.6. The molecule has 0 aliphatic carbocycles. The molecule has 3 heteroatoms. The Labute approximate surface area is 104 Å². The van der Waals surface area contributed by atoms with Crippen LogP contribution in [0.25, 0.3) is 0 Å². The third-order valence-corrected chi connectivity index (χ3v) is 4.10. The van der Waals surface area contributed by atoms with Gasteiger partial charge in [0.2, 0.25) is 0 Å². The molecule has 0 aliphatic heterocycles. The quantitative estimate of drug-likeness (QED) is 0.673. The minimum absolute atomic E-state index is 0.239. The Morgan fingerprint density at radius 1 is 1.19 bits per heavy atom. The summed E-state index contributed by atoms with van der Waals surface area (Å²) in [5.74, 6) is -0.239. The molecular formula is C13H12ClFS. The van der Waals surface area contributed by atoms with Crippen LogP contribution in [0.5, 0.6) is 0 Å². The van der Waals surface area contributed by atoms with Gasteiger partial charge in [-0.3, -0.25) is 0 Å². The summed E-state index contributed by atoms with van der Waals surface area (Å²) in [4.78, 5) is 2.18. The molecule has 84 valence electrons. The summed E-state index contributed by atoms with van der Waals surface area (Å²) in [5.41, 5.74) is 1.58. The second-order valence-corrected chi connectivity index (χ2v) is 5.59. The highest BCUT2D eigenvalue weighted by molar-refractivity contribution is 7.12. The van der Waals surface area contributed by atoms with Crippen LogP contribution in [0.15, 0.2) is 30.3 Å².